The fourth-order valence-electron chi connectivity index (χ4n) is 5.23. The molecule has 11 nitrogen and oxygen atoms in total. The largest absolute Gasteiger partial charge is 0.394 e. The van der Waals surface area contributed by atoms with Gasteiger partial charge >= 0.3 is 0 Å². The monoisotopic (exact) mass is 621 g/mol. The Labute approximate surface area is 250 Å². The smallest absolute Gasteiger partial charge is 0.259 e. The summed E-state index contributed by atoms with van der Waals surface area (Å²) in [5.74, 6) is -0.605. The average Bonchev–Trinajstić information content (AvgIpc) is 3.45. The molecule has 5 rings (SSSR count). The van der Waals surface area contributed by atoms with E-state index in [0.717, 1.165) is 0 Å². The lowest BCUT2D eigenvalue weighted by molar-refractivity contribution is -0.211. The number of aliphatic hydroxyl groups excluding tert-OH is 3. The first kappa shape index (κ1) is 29.7. The van der Waals surface area contributed by atoms with Crippen LogP contribution < -0.4 is 4.90 Å². The van der Waals surface area contributed by atoms with Crippen LogP contribution in [0.25, 0.3) is 11.3 Å². The van der Waals surface area contributed by atoms with Gasteiger partial charge in [-0.3, -0.25) is 4.79 Å². The normalized spacial score (nSPS) is 27.6. The van der Waals surface area contributed by atoms with Gasteiger partial charge < -0.3 is 29.7 Å². The second kappa shape index (κ2) is 12.2. The van der Waals surface area contributed by atoms with Gasteiger partial charge in [-0.25, -0.2) is 4.68 Å². The zero-order valence-corrected chi connectivity index (χ0v) is 23.9. The van der Waals surface area contributed by atoms with Crippen LogP contribution in [-0.4, -0.2) is 86.5 Å². The van der Waals surface area contributed by atoms with Crippen molar-refractivity contribution in [3.05, 3.63) is 63.2 Å². The lowest BCUT2D eigenvalue weighted by Gasteiger charge is -2.47. The van der Waals surface area contributed by atoms with E-state index in [2.05, 4.69) is 10.3 Å². The summed E-state index contributed by atoms with van der Waals surface area (Å²) in [5.41, 5.74) is 1.56. The van der Waals surface area contributed by atoms with Crippen molar-refractivity contribution < 1.29 is 29.6 Å². The number of ether oxygens (including phenoxy) is 2. The molecule has 1 aliphatic carbocycles. The van der Waals surface area contributed by atoms with Crippen molar-refractivity contribution in [2.24, 2.45) is 0 Å². The van der Waals surface area contributed by atoms with E-state index in [1.807, 2.05) is 6.07 Å². The van der Waals surface area contributed by atoms with Crippen LogP contribution in [0.15, 0.2) is 42.6 Å². The van der Waals surface area contributed by atoms with Crippen molar-refractivity contribution in [2.45, 2.75) is 55.4 Å². The molecule has 216 valence electrons. The Morgan fingerprint density at radius 1 is 1.20 bits per heavy atom. The molecule has 1 aliphatic heterocycles. The number of hydrogen-bond acceptors (Lipinski definition) is 9. The molecule has 3 aromatic rings. The van der Waals surface area contributed by atoms with Gasteiger partial charge in [-0.15, -0.1) is 5.10 Å². The maximum Gasteiger partial charge on any atom is 0.259 e. The summed E-state index contributed by atoms with van der Waals surface area (Å²) in [5, 5.41) is 50.6. The van der Waals surface area contributed by atoms with Crippen molar-refractivity contribution in [1.29, 1.82) is 5.26 Å². The third-order valence-electron chi connectivity index (χ3n) is 7.48. The second-order valence-electron chi connectivity index (χ2n) is 9.90. The van der Waals surface area contributed by atoms with Gasteiger partial charge in [0.25, 0.3) is 5.91 Å². The number of carbonyl (C=O) groups excluding carboxylic acids is 1. The number of aromatic nitrogens is 3. The summed E-state index contributed by atoms with van der Waals surface area (Å²) in [7, 11) is 1.36. The van der Waals surface area contributed by atoms with Crippen LogP contribution in [0.5, 0.6) is 0 Å². The van der Waals surface area contributed by atoms with Gasteiger partial charge in [0.05, 0.1) is 46.6 Å². The molecule has 14 heteroatoms. The summed E-state index contributed by atoms with van der Waals surface area (Å²) >= 11 is 18.5. The van der Waals surface area contributed by atoms with Gasteiger partial charge in [0.1, 0.15) is 30.0 Å². The van der Waals surface area contributed by atoms with Crippen LogP contribution in [0.1, 0.15) is 24.4 Å². The van der Waals surface area contributed by atoms with Crippen molar-refractivity contribution in [3.8, 4) is 17.3 Å². The number of anilines is 1. The van der Waals surface area contributed by atoms with Gasteiger partial charge in [0.2, 0.25) is 0 Å². The summed E-state index contributed by atoms with van der Waals surface area (Å²) in [6.07, 6.45) is -3.24. The second-order valence-corrected chi connectivity index (χ2v) is 11.2. The number of benzene rings is 2. The summed E-state index contributed by atoms with van der Waals surface area (Å²) in [6.45, 7) is -0.603. The fraction of sp³-hybridized carbons (Fsp3) is 0.407. The lowest BCUT2D eigenvalue weighted by Crippen LogP contribution is -2.64. The van der Waals surface area contributed by atoms with Crippen LogP contribution in [0.3, 0.4) is 0 Å². The lowest BCUT2D eigenvalue weighted by atomic mass is 9.85. The Morgan fingerprint density at radius 3 is 2.59 bits per heavy atom. The van der Waals surface area contributed by atoms with E-state index in [-0.39, 0.29) is 10.6 Å². The summed E-state index contributed by atoms with van der Waals surface area (Å²) in [4.78, 5) is 15.6. The zero-order chi connectivity index (χ0) is 29.4. The highest BCUT2D eigenvalue weighted by Gasteiger charge is 2.52. The molecule has 1 aromatic heterocycles. The molecule has 0 bridgehead atoms. The molecule has 5 unspecified atom stereocenters. The third-order valence-corrected chi connectivity index (χ3v) is 8.43. The fourth-order valence-corrected chi connectivity index (χ4v) is 5.76. The van der Waals surface area contributed by atoms with Crippen LogP contribution in [0, 0.1) is 11.3 Å². The minimum absolute atomic E-state index is 0.228. The molecule has 7 atom stereocenters. The first-order valence-electron chi connectivity index (χ1n) is 12.7. The average molecular weight is 623 g/mol. The number of amides is 1. The van der Waals surface area contributed by atoms with E-state index in [4.69, 9.17) is 44.3 Å². The van der Waals surface area contributed by atoms with Crippen molar-refractivity contribution in [2.75, 3.05) is 18.6 Å². The van der Waals surface area contributed by atoms with E-state index in [1.54, 1.807) is 24.4 Å². The molecule has 41 heavy (non-hydrogen) atoms. The van der Waals surface area contributed by atoms with Crippen molar-refractivity contribution in [3.63, 3.8) is 0 Å². The Hall–Kier alpha value is -2.79. The topological polar surface area (TPSA) is 154 Å². The molecule has 2 aliphatic rings. The summed E-state index contributed by atoms with van der Waals surface area (Å²) in [6, 6.07) is 9.83. The third kappa shape index (κ3) is 5.67. The van der Waals surface area contributed by atoms with E-state index >= 15 is 0 Å². The molecule has 1 saturated heterocycles. The molecule has 2 aromatic carbocycles. The van der Waals surface area contributed by atoms with Gasteiger partial charge in [0.15, 0.2) is 6.10 Å². The number of rotatable bonds is 7. The molecule has 1 saturated carbocycles. The summed E-state index contributed by atoms with van der Waals surface area (Å²) < 4.78 is 13.0. The maximum absolute atomic E-state index is 14.2. The van der Waals surface area contributed by atoms with E-state index in [0.29, 0.717) is 39.8 Å². The van der Waals surface area contributed by atoms with Crippen LogP contribution in [0.2, 0.25) is 15.1 Å². The van der Waals surface area contributed by atoms with Gasteiger partial charge in [0, 0.05) is 23.4 Å². The first-order valence-corrected chi connectivity index (χ1v) is 13.9. The highest BCUT2D eigenvalue weighted by Crippen LogP contribution is 2.38. The minimum Gasteiger partial charge on any atom is -0.394 e. The van der Waals surface area contributed by atoms with Crippen molar-refractivity contribution >= 4 is 46.4 Å². The predicted molar refractivity (Wildman–Crippen MR) is 150 cm³/mol. The van der Waals surface area contributed by atoms with E-state index < -0.39 is 55.1 Å². The molecule has 3 N–H and O–H groups in total. The standard InChI is InChI=1S/C27H26Cl3N5O6/c1-40-25-23(34-11-19(32-33-34)14-2-3-17(29)18(30)8-14)24(38)22(12-36)41-26(25)27(39)35(20-4-5-21(20)37)16-7-13(10-31)6-15(28)9-16/h2-3,6-9,11,20-26,36-38H,4-5,12H2,1H3/t20-,21-,22?,23?,24?,25?,26?/m1/s1. The number of hydrogen-bond donors (Lipinski definition) is 3. The molecule has 2 heterocycles. The van der Waals surface area contributed by atoms with Crippen LogP contribution >= 0.6 is 34.8 Å². The molecule has 2 fully saturated rings. The Balaban J connectivity index is 1.53. The zero-order valence-electron chi connectivity index (χ0n) is 21.6. The molecule has 1 amide bonds. The number of halogens is 3. The molecule has 0 radical (unpaired) electrons. The van der Waals surface area contributed by atoms with Crippen molar-refractivity contribution in [1.82, 2.24) is 15.0 Å². The molecule has 0 spiro atoms. The SMILES string of the molecule is COC1C(C(=O)N(c2cc(Cl)cc(C#N)c2)[C@@H]2CC[C@H]2O)OC(CO)C(O)C1n1cc(-c2ccc(Cl)c(Cl)c2)nn1. The quantitative estimate of drug-likeness (QED) is 0.361. The Kier molecular flexibility index (Phi) is 8.84. The minimum atomic E-state index is -1.35. The maximum atomic E-state index is 14.2. The van der Waals surface area contributed by atoms with E-state index in [9.17, 15) is 25.4 Å². The highest BCUT2D eigenvalue weighted by atomic mass is 35.5. The van der Waals surface area contributed by atoms with Gasteiger partial charge in [-0.2, -0.15) is 5.26 Å². The van der Waals surface area contributed by atoms with Gasteiger partial charge in [-0.1, -0.05) is 46.1 Å². The van der Waals surface area contributed by atoms with Crippen LogP contribution in [0.4, 0.5) is 5.69 Å². The van der Waals surface area contributed by atoms with E-state index in [1.165, 1.54) is 34.9 Å². The number of nitriles is 1. The highest BCUT2D eigenvalue weighted by molar-refractivity contribution is 6.42. The molecular weight excluding hydrogens is 597 g/mol. The van der Waals surface area contributed by atoms with Gasteiger partial charge in [-0.05, 0) is 43.2 Å². The molecular formula is C27H26Cl3N5O6. The first-order chi connectivity index (χ1) is 19.7. The number of aliphatic hydroxyl groups is 3. The Bertz CT molecular complexity index is 1480. The van der Waals surface area contributed by atoms with Crippen LogP contribution in [-0.2, 0) is 14.3 Å². The number of methoxy groups -OCH3 is 1. The predicted octanol–water partition coefficient (Wildman–Crippen LogP) is 3.01. The number of nitrogens with zero attached hydrogens (tertiary/aromatic N) is 5. The number of carbonyl (C=O) groups is 1. The Morgan fingerprint density at radius 2 is 1.98 bits per heavy atom.